The second-order valence-corrected chi connectivity index (χ2v) is 11.0. The molecule has 0 amide bonds. The maximum absolute atomic E-state index is 17.6. The summed E-state index contributed by atoms with van der Waals surface area (Å²) in [6, 6.07) is 43.0. The standard InChI is InChI=1S/C36H22BF2N3/c38-37(39)41-33(23-11-3-1-4-12-23)29-19-25-15-7-9-17-27(25)21-31(29)35(41)40-36-32-22-28-18-10-8-16-26(28)20-30(32)34(42(36)37)24-13-5-2-6-14-24/h1-22H. The second-order valence-electron chi connectivity index (χ2n) is 11.0. The lowest BCUT2D eigenvalue weighted by Gasteiger charge is -2.31. The summed E-state index contributed by atoms with van der Waals surface area (Å²) in [5.74, 6) is 0.582. The smallest absolute Gasteiger partial charge is 0.414 e. The van der Waals surface area contributed by atoms with Gasteiger partial charge in [-0.2, -0.15) is 0 Å². The third-order valence-corrected chi connectivity index (χ3v) is 8.63. The lowest BCUT2D eigenvalue weighted by atomic mass is 9.91. The van der Waals surface area contributed by atoms with Crippen LogP contribution in [0, 0.1) is 0 Å². The van der Waals surface area contributed by atoms with Crippen molar-refractivity contribution < 1.29 is 13.1 Å². The highest BCUT2D eigenvalue weighted by molar-refractivity contribution is 6.62. The van der Waals surface area contributed by atoms with Gasteiger partial charge in [0.15, 0.2) is 0 Å². The fourth-order valence-corrected chi connectivity index (χ4v) is 6.80. The summed E-state index contributed by atoms with van der Waals surface area (Å²) >= 11 is 0. The first-order valence-electron chi connectivity index (χ1n) is 14.1. The first-order chi connectivity index (χ1) is 20.6. The number of hydrogen-bond donors (Lipinski definition) is 0. The molecule has 0 bridgehead atoms. The first kappa shape index (κ1) is 23.4. The molecular weight excluding hydrogens is 523 g/mol. The zero-order chi connectivity index (χ0) is 28.0. The number of hydrogen-bond acceptors (Lipinski definition) is 1. The quantitative estimate of drug-likeness (QED) is 0.194. The van der Waals surface area contributed by atoms with Crippen LogP contribution in [0.4, 0.5) is 14.4 Å². The molecule has 42 heavy (non-hydrogen) atoms. The summed E-state index contributed by atoms with van der Waals surface area (Å²) in [6.45, 7) is -4.36. The zero-order valence-electron chi connectivity index (χ0n) is 22.4. The van der Waals surface area contributed by atoms with Gasteiger partial charge in [0, 0.05) is 22.2 Å². The highest BCUT2D eigenvalue weighted by Gasteiger charge is 2.54. The first-order valence-corrected chi connectivity index (χ1v) is 14.1. The van der Waals surface area contributed by atoms with Crippen LogP contribution < -0.4 is 0 Å². The van der Waals surface area contributed by atoms with Crippen molar-refractivity contribution in [1.82, 2.24) is 4.48 Å². The molecule has 0 fully saturated rings. The van der Waals surface area contributed by atoms with Gasteiger partial charge in [-0.1, -0.05) is 109 Å². The number of rotatable bonds is 2. The van der Waals surface area contributed by atoms with Crippen LogP contribution in [-0.2, 0) is 0 Å². The number of aromatic nitrogens is 1. The number of benzene rings is 6. The zero-order valence-corrected chi connectivity index (χ0v) is 22.4. The van der Waals surface area contributed by atoms with E-state index in [-0.39, 0.29) is 0 Å². The predicted molar refractivity (Wildman–Crippen MR) is 168 cm³/mol. The predicted octanol–water partition coefficient (Wildman–Crippen LogP) is 8.79. The van der Waals surface area contributed by atoms with Crippen molar-refractivity contribution >= 4 is 56.7 Å². The van der Waals surface area contributed by atoms with E-state index in [2.05, 4.69) is 0 Å². The molecule has 6 aromatic carbocycles. The minimum Gasteiger partial charge on any atom is -0.414 e. The Morgan fingerprint density at radius 3 is 1.67 bits per heavy atom. The van der Waals surface area contributed by atoms with E-state index in [1.807, 2.05) is 133 Å². The number of fused-ring (bicyclic) bond motifs is 8. The van der Waals surface area contributed by atoms with Gasteiger partial charge in [-0.15, -0.1) is 0 Å². The van der Waals surface area contributed by atoms with E-state index in [1.165, 1.54) is 8.96 Å². The van der Waals surface area contributed by atoms with Crippen molar-refractivity contribution in [3.8, 4) is 11.3 Å². The van der Waals surface area contributed by atoms with Gasteiger partial charge in [0.2, 0.25) is 5.82 Å². The van der Waals surface area contributed by atoms with Gasteiger partial charge >= 0.3 is 6.97 Å². The van der Waals surface area contributed by atoms with Crippen molar-refractivity contribution in [3.05, 3.63) is 150 Å². The molecule has 0 spiro atoms. The Morgan fingerprint density at radius 1 is 0.548 bits per heavy atom. The molecule has 0 saturated heterocycles. The van der Waals surface area contributed by atoms with Gasteiger partial charge in [0.05, 0.1) is 10.9 Å². The Morgan fingerprint density at radius 2 is 1.05 bits per heavy atom. The van der Waals surface area contributed by atoms with Crippen LogP contribution in [0.2, 0.25) is 0 Å². The Bertz CT molecular complexity index is 2320. The van der Waals surface area contributed by atoms with E-state index in [1.54, 1.807) is 0 Å². The van der Waals surface area contributed by atoms with Crippen molar-refractivity contribution in [3.63, 3.8) is 0 Å². The maximum Gasteiger partial charge on any atom is 0.642 e. The number of nitrogens with zero attached hydrogens (tertiary/aromatic N) is 3. The van der Waals surface area contributed by atoms with Crippen LogP contribution in [0.25, 0.3) is 43.6 Å². The van der Waals surface area contributed by atoms with Gasteiger partial charge < -0.3 is 17.6 Å². The van der Waals surface area contributed by atoms with Crippen molar-refractivity contribution in [1.29, 1.82) is 0 Å². The van der Waals surface area contributed by atoms with E-state index >= 15 is 8.63 Å². The summed E-state index contributed by atoms with van der Waals surface area (Å²) in [7, 11) is 0. The lowest BCUT2D eigenvalue weighted by Crippen LogP contribution is -2.52. The highest BCUT2D eigenvalue weighted by Crippen LogP contribution is 2.47. The molecule has 6 heteroatoms. The Labute approximate surface area is 240 Å². The fourth-order valence-electron chi connectivity index (χ4n) is 6.80. The summed E-state index contributed by atoms with van der Waals surface area (Å²) in [4.78, 5) is 5.13. The van der Waals surface area contributed by atoms with Crippen LogP contribution in [0.1, 0.15) is 16.7 Å². The molecule has 0 atom stereocenters. The maximum atomic E-state index is 17.6. The molecular formula is C36H22BF2N3. The van der Waals surface area contributed by atoms with E-state index in [0.717, 1.165) is 54.6 Å². The third-order valence-electron chi connectivity index (χ3n) is 8.63. The summed E-state index contributed by atoms with van der Waals surface area (Å²) in [6.07, 6.45) is 0. The summed E-state index contributed by atoms with van der Waals surface area (Å²) in [5, 5.41) is 5.47. The molecule has 2 aliphatic heterocycles. The molecule has 0 unspecified atom stereocenters. The Hall–Kier alpha value is -5.36. The van der Waals surface area contributed by atoms with Gasteiger partial charge in [0.1, 0.15) is 5.71 Å². The average molecular weight is 545 g/mol. The number of halogens is 2. The molecule has 9 rings (SSSR count). The Kier molecular flexibility index (Phi) is 4.64. The van der Waals surface area contributed by atoms with Crippen LogP contribution in [0.5, 0.6) is 0 Å². The molecule has 0 saturated carbocycles. The van der Waals surface area contributed by atoms with Gasteiger partial charge in [-0.05, 0) is 56.4 Å². The second kappa shape index (κ2) is 8.34. The van der Waals surface area contributed by atoms with Crippen molar-refractivity contribution in [2.24, 2.45) is 4.99 Å². The van der Waals surface area contributed by atoms with Crippen molar-refractivity contribution in [2.45, 2.75) is 0 Å². The monoisotopic (exact) mass is 545 g/mol. The van der Waals surface area contributed by atoms with Gasteiger partial charge in [0.25, 0.3) is 5.84 Å². The van der Waals surface area contributed by atoms with Crippen LogP contribution >= 0.6 is 0 Å². The highest BCUT2D eigenvalue weighted by atomic mass is 19.2. The van der Waals surface area contributed by atoms with Crippen LogP contribution in [0.3, 0.4) is 0 Å². The molecule has 0 radical (unpaired) electrons. The van der Waals surface area contributed by atoms with Gasteiger partial charge in [-0.25, -0.2) is 0 Å². The molecule has 198 valence electrons. The summed E-state index contributed by atoms with van der Waals surface area (Å²) < 4.78 is 37.6. The fraction of sp³-hybridized carbons (Fsp3) is 0. The Balaban J connectivity index is 1.46. The number of amidine groups is 1. The molecule has 1 aromatic heterocycles. The van der Waals surface area contributed by atoms with Crippen LogP contribution in [0.15, 0.2) is 138 Å². The molecule has 0 N–H and O–H groups in total. The minimum atomic E-state index is -4.36. The molecule has 3 heterocycles. The molecule has 0 aliphatic carbocycles. The minimum absolute atomic E-state index is 0.291. The normalized spacial score (nSPS) is 15.1. The van der Waals surface area contributed by atoms with Gasteiger partial charge in [-0.3, -0.25) is 0 Å². The third kappa shape index (κ3) is 3.09. The SMILES string of the molecule is F[B-]1(F)n2c(c3cc4ccccc4cc3c2-c2ccccc2)N=C2c3cc4ccccc4cc3C(c3ccccc3)=[N+]21. The largest absolute Gasteiger partial charge is 0.642 e. The van der Waals surface area contributed by atoms with E-state index in [9.17, 15) is 0 Å². The van der Waals surface area contributed by atoms with Crippen LogP contribution in [-0.4, -0.2) is 27.5 Å². The summed E-state index contributed by atoms with van der Waals surface area (Å²) in [5.41, 5.74) is 3.90. The van der Waals surface area contributed by atoms with Crippen molar-refractivity contribution in [2.75, 3.05) is 0 Å². The molecule has 2 aliphatic rings. The average Bonchev–Trinajstić information content (AvgIpc) is 3.53. The molecule has 3 nitrogen and oxygen atoms in total. The van der Waals surface area contributed by atoms with E-state index in [0.29, 0.717) is 23.1 Å². The van der Waals surface area contributed by atoms with E-state index < -0.39 is 6.97 Å². The van der Waals surface area contributed by atoms with E-state index in [4.69, 9.17) is 4.99 Å². The number of aliphatic imine (C=N–C) groups is 1. The lowest BCUT2D eigenvalue weighted by molar-refractivity contribution is -0.292. The topological polar surface area (TPSA) is 20.3 Å². The molecule has 7 aromatic rings.